The van der Waals surface area contributed by atoms with Crippen molar-refractivity contribution in [3.63, 3.8) is 0 Å². The number of oxazole rings is 1. The third-order valence-electron chi connectivity index (χ3n) is 2.51. The number of aliphatic hydroxyl groups excluding tert-OH is 1. The van der Waals surface area contributed by atoms with Gasteiger partial charge in [-0.15, -0.1) is 0 Å². The average Bonchev–Trinajstić information content (AvgIpc) is 2.64. The predicted molar refractivity (Wildman–Crippen MR) is 54.1 cm³/mol. The number of aromatic nitrogens is 1. The zero-order chi connectivity index (χ0) is 10.2. The van der Waals surface area contributed by atoms with Gasteiger partial charge in [0.15, 0.2) is 12.0 Å². The van der Waals surface area contributed by atoms with Gasteiger partial charge in [-0.1, -0.05) is 19.9 Å². The third kappa shape index (κ3) is 1.40. The minimum atomic E-state index is -0.235. The topological polar surface area (TPSA) is 46.3 Å². The number of fused-ring (bicyclic) bond motifs is 1. The van der Waals surface area contributed by atoms with Crippen LogP contribution in [0.5, 0.6) is 0 Å². The predicted octanol–water partition coefficient (Wildman–Crippen LogP) is 2.10. The summed E-state index contributed by atoms with van der Waals surface area (Å²) in [5.74, 6) is 0. The highest BCUT2D eigenvalue weighted by atomic mass is 16.3. The molecular weight excluding hydrogens is 178 g/mol. The third-order valence-corrected chi connectivity index (χ3v) is 2.51. The van der Waals surface area contributed by atoms with Crippen LogP contribution in [0.2, 0.25) is 0 Å². The first-order valence-corrected chi connectivity index (χ1v) is 4.58. The second kappa shape index (κ2) is 3.10. The summed E-state index contributed by atoms with van der Waals surface area (Å²) in [7, 11) is 0. The van der Waals surface area contributed by atoms with Gasteiger partial charge in [0, 0.05) is 5.41 Å². The van der Waals surface area contributed by atoms with Crippen LogP contribution in [0.25, 0.3) is 11.1 Å². The molecule has 0 aliphatic rings. The van der Waals surface area contributed by atoms with Gasteiger partial charge in [0.05, 0.1) is 6.61 Å². The smallest absolute Gasteiger partial charge is 0.181 e. The lowest BCUT2D eigenvalue weighted by atomic mass is 9.85. The average molecular weight is 191 g/mol. The van der Waals surface area contributed by atoms with Crippen molar-refractivity contribution in [2.24, 2.45) is 0 Å². The lowest BCUT2D eigenvalue weighted by molar-refractivity contribution is 0.218. The minimum absolute atomic E-state index is 0.118. The Balaban J connectivity index is 2.53. The Hall–Kier alpha value is -1.35. The van der Waals surface area contributed by atoms with E-state index in [0.717, 1.165) is 16.7 Å². The molecule has 2 rings (SSSR count). The summed E-state index contributed by atoms with van der Waals surface area (Å²) >= 11 is 0. The fraction of sp³-hybridized carbons (Fsp3) is 0.364. The van der Waals surface area contributed by atoms with E-state index in [-0.39, 0.29) is 12.0 Å². The molecule has 0 aliphatic heterocycles. The van der Waals surface area contributed by atoms with E-state index in [0.29, 0.717) is 0 Å². The molecule has 0 aliphatic carbocycles. The molecule has 0 bridgehead atoms. The molecule has 2 aromatic rings. The Bertz CT molecular complexity index is 445. The van der Waals surface area contributed by atoms with Crippen LogP contribution in [0.15, 0.2) is 29.0 Å². The second-order valence-electron chi connectivity index (χ2n) is 4.08. The molecule has 1 aromatic heterocycles. The summed E-state index contributed by atoms with van der Waals surface area (Å²) in [4.78, 5) is 4.04. The largest absolute Gasteiger partial charge is 0.443 e. The molecule has 0 saturated heterocycles. The van der Waals surface area contributed by atoms with Crippen LogP contribution < -0.4 is 0 Å². The summed E-state index contributed by atoms with van der Waals surface area (Å²) in [6.07, 6.45) is 1.43. The van der Waals surface area contributed by atoms with Gasteiger partial charge in [-0.3, -0.25) is 0 Å². The molecule has 0 saturated carbocycles. The van der Waals surface area contributed by atoms with Crippen LogP contribution in [0.1, 0.15) is 19.4 Å². The number of aliphatic hydroxyl groups is 1. The number of rotatable bonds is 2. The van der Waals surface area contributed by atoms with Gasteiger partial charge in [-0.25, -0.2) is 4.98 Å². The zero-order valence-corrected chi connectivity index (χ0v) is 8.32. The van der Waals surface area contributed by atoms with E-state index in [4.69, 9.17) is 4.42 Å². The van der Waals surface area contributed by atoms with Crippen molar-refractivity contribution in [3.8, 4) is 0 Å². The molecule has 0 fully saturated rings. The van der Waals surface area contributed by atoms with Crippen LogP contribution in [0.3, 0.4) is 0 Å². The van der Waals surface area contributed by atoms with E-state index in [2.05, 4.69) is 4.98 Å². The fourth-order valence-electron chi connectivity index (χ4n) is 1.37. The molecule has 0 amide bonds. The van der Waals surface area contributed by atoms with Gasteiger partial charge < -0.3 is 9.52 Å². The molecule has 0 atom stereocenters. The molecule has 0 unspecified atom stereocenters. The highest BCUT2D eigenvalue weighted by molar-refractivity contribution is 5.73. The van der Waals surface area contributed by atoms with E-state index in [1.807, 2.05) is 32.0 Å². The van der Waals surface area contributed by atoms with Crippen molar-refractivity contribution in [2.75, 3.05) is 6.61 Å². The van der Waals surface area contributed by atoms with Gasteiger partial charge in [-0.05, 0) is 17.7 Å². The number of benzene rings is 1. The summed E-state index contributed by atoms with van der Waals surface area (Å²) < 4.78 is 5.21. The highest BCUT2D eigenvalue weighted by Gasteiger charge is 2.19. The van der Waals surface area contributed by atoms with Crippen molar-refractivity contribution in [2.45, 2.75) is 19.3 Å². The number of nitrogens with zero attached hydrogens (tertiary/aromatic N) is 1. The van der Waals surface area contributed by atoms with Gasteiger partial charge in [0.1, 0.15) is 5.52 Å². The Labute approximate surface area is 82.4 Å². The maximum Gasteiger partial charge on any atom is 0.181 e. The van der Waals surface area contributed by atoms with Crippen molar-refractivity contribution in [1.82, 2.24) is 4.98 Å². The normalized spacial score (nSPS) is 12.2. The summed E-state index contributed by atoms with van der Waals surface area (Å²) in [6.45, 7) is 4.10. The Morgan fingerprint density at radius 3 is 2.93 bits per heavy atom. The molecule has 0 spiro atoms. The SMILES string of the molecule is CC(C)(CO)c1ccc2ncoc2c1. The van der Waals surface area contributed by atoms with Crippen LogP contribution in [0.4, 0.5) is 0 Å². The maximum absolute atomic E-state index is 9.22. The van der Waals surface area contributed by atoms with Crippen LogP contribution in [-0.4, -0.2) is 16.7 Å². The van der Waals surface area contributed by atoms with Crippen LogP contribution in [-0.2, 0) is 5.41 Å². The molecular formula is C11H13NO2. The summed E-state index contributed by atoms with van der Waals surface area (Å²) in [5, 5.41) is 9.22. The van der Waals surface area contributed by atoms with E-state index < -0.39 is 0 Å². The first-order chi connectivity index (χ1) is 6.63. The quantitative estimate of drug-likeness (QED) is 0.790. The molecule has 1 heterocycles. The summed E-state index contributed by atoms with van der Waals surface area (Å²) in [6, 6.07) is 5.81. The zero-order valence-electron chi connectivity index (χ0n) is 8.32. The summed E-state index contributed by atoms with van der Waals surface area (Å²) in [5.41, 5.74) is 2.44. The van der Waals surface area contributed by atoms with Crippen LogP contribution >= 0.6 is 0 Å². The van der Waals surface area contributed by atoms with Crippen molar-refractivity contribution >= 4 is 11.1 Å². The van der Waals surface area contributed by atoms with Crippen LogP contribution in [0, 0.1) is 0 Å². The lowest BCUT2D eigenvalue weighted by Crippen LogP contribution is -2.21. The van der Waals surface area contributed by atoms with E-state index >= 15 is 0 Å². The lowest BCUT2D eigenvalue weighted by Gasteiger charge is -2.21. The maximum atomic E-state index is 9.22. The van der Waals surface area contributed by atoms with Gasteiger partial charge in [0.2, 0.25) is 0 Å². The number of hydrogen-bond acceptors (Lipinski definition) is 3. The van der Waals surface area contributed by atoms with Gasteiger partial charge in [0.25, 0.3) is 0 Å². The molecule has 0 radical (unpaired) electrons. The van der Waals surface area contributed by atoms with Gasteiger partial charge in [-0.2, -0.15) is 0 Å². The molecule has 14 heavy (non-hydrogen) atoms. The fourth-order valence-corrected chi connectivity index (χ4v) is 1.37. The van der Waals surface area contributed by atoms with Gasteiger partial charge >= 0.3 is 0 Å². The Kier molecular flexibility index (Phi) is 2.04. The molecule has 1 N–H and O–H groups in total. The van der Waals surface area contributed by atoms with Crippen molar-refractivity contribution in [3.05, 3.63) is 30.2 Å². The monoisotopic (exact) mass is 191 g/mol. The first-order valence-electron chi connectivity index (χ1n) is 4.58. The molecule has 74 valence electrons. The Morgan fingerprint density at radius 1 is 1.43 bits per heavy atom. The molecule has 1 aromatic carbocycles. The van der Waals surface area contributed by atoms with E-state index in [1.165, 1.54) is 6.39 Å². The Morgan fingerprint density at radius 2 is 2.21 bits per heavy atom. The first kappa shape index (κ1) is 9.21. The molecule has 3 heteroatoms. The standard InChI is InChI=1S/C11H13NO2/c1-11(2,6-13)8-3-4-9-10(5-8)14-7-12-9/h3-5,7,13H,6H2,1-2H3. The highest BCUT2D eigenvalue weighted by Crippen LogP contribution is 2.25. The van der Waals surface area contributed by atoms with E-state index in [1.54, 1.807) is 0 Å². The van der Waals surface area contributed by atoms with E-state index in [9.17, 15) is 5.11 Å². The molecule has 3 nitrogen and oxygen atoms in total. The van der Waals surface area contributed by atoms with Crippen molar-refractivity contribution < 1.29 is 9.52 Å². The van der Waals surface area contributed by atoms with Crippen molar-refractivity contribution in [1.29, 1.82) is 0 Å². The second-order valence-corrected chi connectivity index (χ2v) is 4.08. The minimum Gasteiger partial charge on any atom is -0.443 e. The number of hydrogen-bond donors (Lipinski definition) is 1.